The first-order chi connectivity index (χ1) is 12.1. The Balaban J connectivity index is 1.47. The fourth-order valence-electron chi connectivity index (χ4n) is 2.90. The lowest BCUT2D eigenvalue weighted by Gasteiger charge is -2.35. The molecule has 1 aliphatic heterocycles. The highest BCUT2D eigenvalue weighted by Gasteiger charge is 2.24. The fraction of sp³-hybridized carbons (Fsp3) is 0.316. The summed E-state index contributed by atoms with van der Waals surface area (Å²) < 4.78 is 0. The maximum Gasteiger partial charge on any atom is 0.254 e. The second-order valence-corrected chi connectivity index (χ2v) is 6.47. The maximum atomic E-state index is 12.4. The molecule has 2 heterocycles. The van der Waals surface area contributed by atoms with Gasteiger partial charge in [-0.05, 0) is 36.2 Å². The quantitative estimate of drug-likeness (QED) is 0.845. The number of hydrogen-bond donors (Lipinski definition) is 0. The molecule has 5 nitrogen and oxygen atoms in total. The lowest BCUT2D eigenvalue weighted by atomic mass is 10.1. The highest BCUT2D eigenvalue weighted by atomic mass is 35.5. The zero-order valence-corrected chi connectivity index (χ0v) is 14.7. The van der Waals surface area contributed by atoms with Crippen molar-refractivity contribution < 1.29 is 9.59 Å². The molecule has 0 N–H and O–H groups in total. The summed E-state index contributed by atoms with van der Waals surface area (Å²) in [6.45, 7) is 2.29. The van der Waals surface area contributed by atoms with E-state index < -0.39 is 0 Å². The van der Waals surface area contributed by atoms with Crippen molar-refractivity contribution in [3.63, 3.8) is 0 Å². The monoisotopic (exact) mass is 357 g/mol. The second kappa shape index (κ2) is 8.12. The molecule has 25 heavy (non-hydrogen) atoms. The molecule has 0 aliphatic carbocycles. The van der Waals surface area contributed by atoms with Crippen molar-refractivity contribution >= 4 is 23.4 Å². The van der Waals surface area contributed by atoms with E-state index in [4.69, 9.17) is 11.6 Å². The number of carbonyl (C=O) groups excluding carboxylic acids is 2. The van der Waals surface area contributed by atoms with E-state index in [1.807, 2.05) is 29.2 Å². The second-order valence-electron chi connectivity index (χ2n) is 6.04. The zero-order chi connectivity index (χ0) is 17.6. The molecule has 2 amide bonds. The first kappa shape index (κ1) is 17.4. The van der Waals surface area contributed by atoms with Gasteiger partial charge < -0.3 is 9.80 Å². The summed E-state index contributed by atoms with van der Waals surface area (Å²) in [4.78, 5) is 32.3. The molecule has 3 rings (SSSR count). The summed E-state index contributed by atoms with van der Waals surface area (Å²) in [5.41, 5.74) is 1.74. The van der Waals surface area contributed by atoms with Gasteiger partial charge in [-0.3, -0.25) is 14.6 Å². The maximum absolute atomic E-state index is 12.4. The molecule has 0 radical (unpaired) electrons. The number of amides is 2. The molecule has 1 aromatic heterocycles. The van der Waals surface area contributed by atoms with Gasteiger partial charge >= 0.3 is 0 Å². The number of aromatic nitrogens is 1. The molecule has 0 saturated carbocycles. The molecular weight excluding hydrogens is 338 g/mol. The van der Waals surface area contributed by atoms with Gasteiger partial charge in [0.25, 0.3) is 5.91 Å². The molecule has 0 unspecified atom stereocenters. The third kappa shape index (κ3) is 4.57. The highest BCUT2D eigenvalue weighted by Crippen LogP contribution is 2.13. The number of nitrogens with zero attached hydrogens (tertiary/aromatic N) is 3. The normalized spacial score (nSPS) is 14.4. The SMILES string of the molecule is O=C(CCc1ccc(Cl)cc1)N1CCN(C(=O)c2ccncc2)CC1. The van der Waals surface area contributed by atoms with E-state index in [1.165, 1.54) is 0 Å². The summed E-state index contributed by atoms with van der Waals surface area (Å²) >= 11 is 5.87. The lowest BCUT2D eigenvalue weighted by molar-refractivity contribution is -0.132. The minimum absolute atomic E-state index is 0.00402. The predicted octanol–water partition coefficient (Wildman–Crippen LogP) is 2.65. The molecule has 1 aliphatic rings. The molecule has 1 fully saturated rings. The van der Waals surface area contributed by atoms with Crippen LogP contribution >= 0.6 is 11.6 Å². The van der Waals surface area contributed by atoms with Crippen LogP contribution in [0.4, 0.5) is 0 Å². The summed E-state index contributed by atoms with van der Waals surface area (Å²) in [5, 5.41) is 0.699. The number of rotatable bonds is 4. The van der Waals surface area contributed by atoms with Crippen LogP contribution in [0.3, 0.4) is 0 Å². The third-order valence-corrected chi connectivity index (χ3v) is 4.64. The molecule has 0 spiro atoms. The lowest BCUT2D eigenvalue weighted by Crippen LogP contribution is -2.50. The number of aryl methyl sites for hydroxylation is 1. The van der Waals surface area contributed by atoms with E-state index in [9.17, 15) is 9.59 Å². The van der Waals surface area contributed by atoms with Crippen LogP contribution in [0.15, 0.2) is 48.8 Å². The van der Waals surface area contributed by atoms with Crippen LogP contribution in [0.1, 0.15) is 22.3 Å². The Morgan fingerprint density at radius 3 is 2.16 bits per heavy atom. The van der Waals surface area contributed by atoms with Crippen molar-refractivity contribution in [2.24, 2.45) is 0 Å². The topological polar surface area (TPSA) is 53.5 Å². The van der Waals surface area contributed by atoms with Gasteiger partial charge in [0.05, 0.1) is 0 Å². The van der Waals surface area contributed by atoms with E-state index in [-0.39, 0.29) is 11.8 Å². The third-order valence-electron chi connectivity index (χ3n) is 4.39. The first-order valence-corrected chi connectivity index (χ1v) is 8.73. The van der Waals surface area contributed by atoms with E-state index in [1.54, 1.807) is 29.4 Å². The number of pyridine rings is 1. The predicted molar refractivity (Wildman–Crippen MR) is 96.5 cm³/mol. The Morgan fingerprint density at radius 2 is 1.52 bits per heavy atom. The van der Waals surface area contributed by atoms with E-state index in [0.717, 1.165) is 5.56 Å². The van der Waals surface area contributed by atoms with Gasteiger partial charge in [-0.1, -0.05) is 23.7 Å². The summed E-state index contributed by atoms with van der Waals surface area (Å²) in [5.74, 6) is 0.127. The van der Waals surface area contributed by atoms with Crippen molar-refractivity contribution in [1.82, 2.24) is 14.8 Å². The molecule has 2 aromatic rings. The van der Waals surface area contributed by atoms with E-state index >= 15 is 0 Å². The number of benzene rings is 1. The van der Waals surface area contributed by atoms with Crippen LogP contribution in [0.5, 0.6) is 0 Å². The number of piperazine rings is 1. The average molecular weight is 358 g/mol. The van der Waals surface area contributed by atoms with Crippen LogP contribution in [-0.4, -0.2) is 52.8 Å². The van der Waals surface area contributed by atoms with Crippen molar-refractivity contribution in [2.45, 2.75) is 12.8 Å². The van der Waals surface area contributed by atoms with Gasteiger partial charge in [-0.25, -0.2) is 0 Å². The summed E-state index contributed by atoms with van der Waals surface area (Å²) in [7, 11) is 0. The minimum Gasteiger partial charge on any atom is -0.339 e. The molecule has 1 saturated heterocycles. The Kier molecular flexibility index (Phi) is 5.66. The molecule has 6 heteroatoms. The average Bonchev–Trinajstić information content (AvgIpc) is 2.67. The Hall–Kier alpha value is -2.40. The molecule has 0 atom stereocenters. The van der Waals surface area contributed by atoms with Gasteiger partial charge in [0, 0.05) is 55.6 Å². The Labute approximate surface area is 152 Å². The van der Waals surface area contributed by atoms with Crippen molar-refractivity contribution in [2.75, 3.05) is 26.2 Å². The van der Waals surface area contributed by atoms with Crippen molar-refractivity contribution in [3.8, 4) is 0 Å². The van der Waals surface area contributed by atoms with Crippen LogP contribution < -0.4 is 0 Å². The van der Waals surface area contributed by atoms with Crippen LogP contribution in [-0.2, 0) is 11.2 Å². The van der Waals surface area contributed by atoms with Gasteiger partial charge in [0.15, 0.2) is 0 Å². The number of hydrogen-bond acceptors (Lipinski definition) is 3. The summed E-state index contributed by atoms with van der Waals surface area (Å²) in [6, 6.07) is 11.0. The number of halogens is 1. The number of carbonyl (C=O) groups is 2. The highest BCUT2D eigenvalue weighted by molar-refractivity contribution is 6.30. The first-order valence-electron chi connectivity index (χ1n) is 8.35. The minimum atomic E-state index is -0.00402. The van der Waals surface area contributed by atoms with Crippen molar-refractivity contribution in [3.05, 3.63) is 64.9 Å². The summed E-state index contributed by atoms with van der Waals surface area (Å²) in [6.07, 6.45) is 4.40. The Morgan fingerprint density at radius 1 is 0.920 bits per heavy atom. The van der Waals surface area contributed by atoms with Crippen molar-refractivity contribution in [1.29, 1.82) is 0 Å². The largest absolute Gasteiger partial charge is 0.339 e. The van der Waals surface area contributed by atoms with E-state index in [2.05, 4.69) is 4.98 Å². The van der Waals surface area contributed by atoms with Crippen LogP contribution in [0, 0.1) is 0 Å². The van der Waals surface area contributed by atoms with Gasteiger partial charge in [0.2, 0.25) is 5.91 Å². The van der Waals surface area contributed by atoms with Gasteiger partial charge in [0.1, 0.15) is 0 Å². The smallest absolute Gasteiger partial charge is 0.254 e. The zero-order valence-electron chi connectivity index (χ0n) is 13.9. The van der Waals surface area contributed by atoms with Crippen LogP contribution in [0.2, 0.25) is 5.02 Å². The van der Waals surface area contributed by atoms with Gasteiger partial charge in [-0.15, -0.1) is 0 Å². The Bertz CT molecular complexity index is 726. The van der Waals surface area contributed by atoms with Crippen LogP contribution in [0.25, 0.3) is 0 Å². The van der Waals surface area contributed by atoms with E-state index in [0.29, 0.717) is 49.6 Å². The molecule has 130 valence electrons. The fourth-order valence-corrected chi connectivity index (χ4v) is 3.02. The molecule has 1 aromatic carbocycles. The molecule has 0 bridgehead atoms. The molecular formula is C19H20ClN3O2. The standard InChI is InChI=1S/C19H20ClN3O2/c20-17-4-1-15(2-5-17)3-6-18(24)22-11-13-23(14-12-22)19(25)16-7-9-21-10-8-16/h1-2,4-5,7-10H,3,6,11-14H2. The van der Waals surface area contributed by atoms with Gasteiger partial charge in [-0.2, -0.15) is 0 Å².